The van der Waals surface area contributed by atoms with Crippen LogP contribution in [0.1, 0.15) is 152 Å². The van der Waals surface area contributed by atoms with Gasteiger partial charge in [0.1, 0.15) is 60.4 Å². The quantitative estimate of drug-likeness (QED) is 0.0443. The van der Waals surface area contributed by atoms with Gasteiger partial charge in [-0.05, 0) is 113 Å². The van der Waals surface area contributed by atoms with Crippen molar-refractivity contribution in [2.24, 2.45) is 29.4 Å². The number of nitrogens with zero attached hydrogens (tertiary/aromatic N) is 8. The molecule has 100 heavy (non-hydrogen) atoms. The van der Waals surface area contributed by atoms with E-state index < -0.39 is 144 Å². The molecule has 12 atom stereocenters. The van der Waals surface area contributed by atoms with Crippen molar-refractivity contribution in [2.75, 3.05) is 61.9 Å². The molecule has 6 N–H and O–H groups in total. The molecular formula is C72H114F2N12O14. The molecule has 12 amide bonds. The van der Waals surface area contributed by atoms with Crippen LogP contribution in [0.5, 0.6) is 5.75 Å². The summed E-state index contributed by atoms with van der Waals surface area (Å²) in [5, 5.41) is 19.4. The lowest BCUT2D eigenvalue weighted by molar-refractivity contribution is -0.152. The van der Waals surface area contributed by atoms with Gasteiger partial charge in [0.15, 0.2) is 6.04 Å². The number of aliphatic hydroxyl groups is 1. The number of amides is 12. The van der Waals surface area contributed by atoms with Gasteiger partial charge in [-0.15, -0.1) is 0 Å². The summed E-state index contributed by atoms with van der Waals surface area (Å²) in [7, 11) is 8.24. The number of imide groups is 1. The van der Waals surface area contributed by atoms with E-state index in [1.54, 1.807) is 44.2 Å². The smallest absolute Gasteiger partial charge is 0.387 e. The van der Waals surface area contributed by atoms with Gasteiger partial charge >= 0.3 is 12.6 Å². The number of carbonyl (C=O) groups excluding carboxylic acids is 12. The number of halogens is 2. The number of aldehydes is 1. The zero-order valence-corrected chi connectivity index (χ0v) is 62.1. The number of aliphatic hydroxyl groups excluding tert-OH is 1. The first kappa shape index (κ1) is 86.1. The van der Waals surface area contributed by atoms with E-state index in [4.69, 9.17) is 5.73 Å². The molecule has 1 aliphatic rings. The summed E-state index contributed by atoms with van der Waals surface area (Å²) in [6.45, 7) is 18.1. The van der Waals surface area contributed by atoms with E-state index in [-0.39, 0.29) is 62.2 Å². The Morgan fingerprint density at radius 3 is 1.56 bits per heavy atom. The Morgan fingerprint density at radius 2 is 1.07 bits per heavy atom. The van der Waals surface area contributed by atoms with Crippen LogP contribution in [-0.2, 0) is 65.6 Å². The van der Waals surface area contributed by atoms with Crippen molar-refractivity contribution in [2.45, 2.75) is 227 Å². The summed E-state index contributed by atoms with van der Waals surface area (Å²) < 4.78 is 31.0. The highest BCUT2D eigenvalue weighted by atomic mass is 19.3. The fourth-order valence-electron chi connectivity index (χ4n) is 12.0. The number of likely N-dealkylation sites (N-methyl/N-ethyl adjacent to an activating group) is 6. The molecular weight excluding hydrogens is 1290 g/mol. The van der Waals surface area contributed by atoms with E-state index >= 15 is 24.0 Å². The number of benzene rings is 2. The molecule has 2 aromatic rings. The summed E-state index contributed by atoms with van der Waals surface area (Å²) in [5.74, 6) is -9.14. The van der Waals surface area contributed by atoms with Gasteiger partial charge in [0.25, 0.3) is 5.91 Å². The molecule has 0 aliphatic carbocycles. The van der Waals surface area contributed by atoms with E-state index in [1.807, 2.05) is 48.5 Å². The van der Waals surface area contributed by atoms with Gasteiger partial charge in [-0.25, -0.2) is 4.79 Å². The van der Waals surface area contributed by atoms with E-state index in [9.17, 15) is 47.4 Å². The summed E-state index contributed by atoms with van der Waals surface area (Å²) >= 11 is 0. The van der Waals surface area contributed by atoms with E-state index in [2.05, 4.69) is 20.7 Å². The van der Waals surface area contributed by atoms with Crippen LogP contribution in [0.3, 0.4) is 0 Å². The minimum atomic E-state index is -3.13. The molecule has 0 spiro atoms. The minimum Gasteiger partial charge on any atom is -0.435 e. The fourth-order valence-corrected chi connectivity index (χ4v) is 12.0. The second-order valence-corrected chi connectivity index (χ2v) is 27.9. The number of nitrogens with one attached hydrogen (secondary N) is 3. The Kier molecular flexibility index (Phi) is 35.2. The first-order valence-corrected chi connectivity index (χ1v) is 34.9. The molecule has 0 saturated carbocycles. The largest absolute Gasteiger partial charge is 0.435 e. The highest BCUT2D eigenvalue weighted by molar-refractivity contribution is 6.06. The van der Waals surface area contributed by atoms with Crippen LogP contribution >= 0.6 is 0 Å². The van der Waals surface area contributed by atoms with E-state index in [1.165, 1.54) is 107 Å². The summed E-state index contributed by atoms with van der Waals surface area (Å²) in [5.41, 5.74) is 7.20. The topological polar surface area (TPSA) is 322 Å². The molecule has 28 heteroatoms. The molecule has 0 bridgehead atoms. The van der Waals surface area contributed by atoms with Gasteiger partial charge in [0, 0.05) is 74.8 Å². The SMILES string of the molecule is CCCCN(C(=O)[C@@H](NC(=O)[C@H]([C@@H](C)CC)N(C)C(=O)[C@H](CC(C)C)N(C)C(=O)[C@H](CC(C)C)NC(=O)[C@H](Cc1ccccc1)N(C)C(=O)[C@H](CC(C)C)N(C)C(=O)[C@H](Cc1ccc(OC(F)F)cc1)NC(=O)[C@H](C)N(C)C(=O)[C@H](N)C(=O)N1CCCCC1)[C@@H](C)O)C(=O)N(C)C(C)C=O. The average Bonchev–Trinajstić information content (AvgIpc) is 0.816. The molecule has 0 radical (unpaired) electrons. The maximum absolute atomic E-state index is 15.5. The predicted molar refractivity (Wildman–Crippen MR) is 374 cm³/mol. The van der Waals surface area contributed by atoms with E-state index in [0.29, 0.717) is 49.8 Å². The third-order valence-corrected chi connectivity index (χ3v) is 18.6. The molecule has 0 aromatic heterocycles. The van der Waals surface area contributed by atoms with Crippen molar-refractivity contribution in [3.63, 3.8) is 0 Å². The molecule has 26 nitrogen and oxygen atoms in total. The molecule has 560 valence electrons. The van der Waals surface area contributed by atoms with Crippen molar-refractivity contribution in [3.8, 4) is 5.75 Å². The van der Waals surface area contributed by atoms with Crippen molar-refractivity contribution >= 4 is 71.4 Å². The number of carbonyl (C=O) groups is 12. The Morgan fingerprint density at radius 1 is 0.570 bits per heavy atom. The standard InChI is InChI=1S/C72H114F2N12O14/c1-19-21-36-86(72(99)79(13)47(10)42-87)70(98)59(49(12)88)78-63(91)60(46(9)20-2)84(18)67(95)57(39-45(7)8)83(17)64(92)53(37-43(3)4)77-62(90)55(41-50-28-24-22-25-29-50)81(15)66(94)56(38-44(5)6)82(16)65(93)54(40-51-30-32-52(33-31-51)100-71(73)74)76-61(89)48(11)80(14)68(96)58(75)69(97)85-34-26-23-27-35-85/h22,24-25,28-33,42-49,53-60,71,88H,19-21,23,26-27,34-41,75H2,1-18H3,(H,76,89)(H,77,90)(H,78,91)/t46-,47?,48-,49+,53-,54-,55-,56-,57-,58-,59-,60-/m0/s1. The monoisotopic (exact) mass is 1410 g/mol. The van der Waals surface area contributed by atoms with Crippen LogP contribution < -0.4 is 26.4 Å². The first-order valence-electron chi connectivity index (χ1n) is 34.9. The summed E-state index contributed by atoms with van der Waals surface area (Å²) in [4.78, 5) is 182. The number of unbranched alkanes of at least 4 members (excludes halogenated alkanes) is 1. The van der Waals surface area contributed by atoms with Crippen LogP contribution in [0.15, 0.2) is 54.6 Å². The van der Waals surface area contributed by atoms with Gasteiger partial charge in [0.05, 0.1) is 12.1 Å². The first-order chi connectivity index (χ1) is 46.9. The van der Waals surface area contributed by atoms with Crippen LogP contribution in [0, 0.1) is 23.7 Å². The van der Waals surface area contributed by atoms with Gasteiger partial charge < -0.3 is 70.6 Å². The molecule has 1 unspecified atom stereocenters. The maximum atomic E-state index is 15.5. The number of urea groups is 1. The Hall–Kier alpha value is -8.14. The third-order valence-electron chi connectivity index (χ3n) is 18.6. The Balaban J connectivity index is 2.10. The molecule has 1 aliphatic heterocycles. The summed E-state index contributed by atoms with van der Waals surface area (Å²) in [6.07, 6.45) is 2.50. The lowest BCUT2D eigenvalue weighted by Gasteiger charge is -2.39. The molecule has 3 rings (SSSR count). The van der Waals surface area contributed by atoms with Gasteiger partial charge in [-0.2, -0.15) is 8.78 Å². The number of likely N-dealkylation sites (tertiary alicyclic amines) is 1. The molecule has 2 aromatic carbocycles. The van der Waals surface area contributed by atoms with Crippen molar-refractivity contribution in [1.29, 1.82) is 0 Å². The second kappa shape index (κ2) is 40.9. The van der Waals surface area contributed by atoms with Crippen molar-refractivity contribution < 1.29 is 76.2 Å². The van der Waals surface area contributed by atoms with E-state index in [0.717, 1.165) is 38.9 Å². The minimum absolute atomic E-state index is 0.0269. The highest BCUT2D eigenvalue weighted by Crippen LogP contribution is 2.25. The second-order valence-electron chi connectivity index (χ2n) is 27.9. The lowest BCUT2D eigenvalue weighted by Crippen LogP contribution is -2.63. The van der Waals surface area contributed by atoms with Crippen LogP contribution in [-0.4, -0.2) is 251 Å². The fraction of sp³-hybridized carbons (Fsp3) is 0.667. The molecule has 1 heterocycles. The number of rotatable bonds is 38. The number of piperidine rings is 1. The number of hydrogen-bond donors (Lipinski definition) is 5. The third kappa shape index (κ3) is 24.6. The van der Waals surface area contributed by atoms with Gasteiger partial charge in [0.2, 0.25) is 53.2 Å². The number of hydrogen-bond acceptors (Lipinski definition) is 15. The number of alkyl halides is 2. The van der Waals surface area contributed by atoms with Crippen LogP contribution in [0.2, 0.25) is 0 Å². The van der Waals surface area contributed by atoms with Gasteiger partial charge in [-0.3, -0.25) is 52.8 Å². The van der Waals surface area contributed by atoms with Gasteiger partial charge in [-0.1, -0.05) is 118 Å². The number of nitrogens with two attached hydrogens (primary N) is 1. The normalized spacial score (nSPS) is 16.0. The highest BCUT2D eigenvalue weighted by Gasteiger charge is 2.44. The molecule has 1 saturated heterocycles. The van der Waals surface area contributed by atoms with Crippen LogP contribution in [0.4, 0.5) is 13.6 Å². The van der Waals surface area contributed by atoms with Crippen molar-refractivity contribution in [3.05, 3.63) is 65.7 Å². The number of ether oxygens (including phenoxy) is 1. The average molecular weight is 1410 g/mol. The Labute approximate surface area is 590 Å². The zero-order chi connectivity index (χ0) is 75.7. The Bertz CT molecular complexity index is 3050. The zero-order valence-electron chi connectivity index (χ0n) is 62.1. The predicted octanol–water partition coefficient (Wildman–Crippen LogP) is 4.86. The lowest BCUT2D eigenvalue weighted by atomic mass is 9.93. The van der Waals surface area contributed by atoms with Crippen LogP contribution in [0.25, 0.3) is 0 Å². The maximum Gasteiger partial charge on any atom is 0.387 e. The van der Waals surface area contributed by atoms with Crippen molar-refractivity contribution in [1.82, 2.24) is 55.1 Å². The summed E-state index contributed by atoms with van der Waals surface area (Å²) in [6, 6.07) is -0.213. The molecule has 1 fully saturated rings.